The second-order valence-corrected chi connectivity index (χ2v) is 7.10. The third-order valence-electron chi connectivity index (χ3n) is 3.37. The number of hydrogen-bond acceptors (Lipinski definition) is 4. The van der Waals surface area contributed by atoms with Gasteiger partial charge in [0.1, 0.15) is 0 Å². The first-order chi connectivity index (χ1) is 9.97. The van der Waals surface area contributed by atoms with E-state index >= 15 is 0 Å². The number of aromatic nitrogens is 1. The van der Waals surface area contributed by atoms with E-state index in [9.17, 15) is 8.42 Å². The number of benzene rings is 1. The van der Waals surface area contributed by atoms with Gasteiger partial charge in [-0.15, -0.1) is 0 Å². The van der Waals surface area contributed by atoms with Gasteiger partial charge in [-0.25, -0.2) is 8.42 Å². The summed E-state index contributed by atoms with van der Waals surface area (Å²) in [7, 11) is -3.13. The van der Waals surface area contributed by atoms with E-state index in [1.807, 2.05) is 30.3 Å². The lowest BCUT2D eigenvalue weighted by molar-refractivity contribution is 0.573. The van der Waals surface area contributed by atoms with Gasteiger partial charge in [-0.1, -0.05) is 18.2 Å². The lowest BCUT2D eigenvalue weighted by Crippen LogP contribution is -2.21. The van der Waals surface area contributed by atoms with Crippen molar-refractivity contribution in [2.45, 2.75) is 24.3 Å². The minimum absolute atomic E-state index is 0.169. The van der Waals surface area contributed by atoms with Crippen molar-refractivity contribution in [2.24, 2.45) is 0 Å². The second kappa shape index (κ2) is 6.83. The van der Waals surface area contributed by atoms with E-state index in [-0.39, 0.29) is 6.04 Å². The lowest BCUT2D eigenvalue weighted by Gasteiger charge is -2.14. The van der Waals surface area contributed by atoms with Crippen LogP contribution in [0.4, 0.5) is 0 Å². The van der Waals surface area contributed by atoms with Crippen LogP contribution in [0.15, 0.2) is 53.6 Å². The van der Waals surface area contributed by atoms with Crippen molar-refractivity contribution >= 4 is 9.84 Å². The molecule has 112 valence electrons. The number of hydrogen-bond donors (Lipinski definition) is 1. The molecule has 0 aliphatic carbocycles. The molecular weight excluding hydrogens is 284 g/mol. The molecule has 5 heteroatoms. The van der Waals surface area contributed by atoms with Gasteiger partial charge in [0.15, 0.2) is 9.84 Å². The Bertz CT molecular complexity index is 667. The SMILES string of the molecule is CC(NCCc1ccccn1)c1ccc(S(C)(=O)=O)cc1. The van der Waals surface area contributed by atoms with Gasteiger partial charge >= 0.3 is 0 Å². The van der Waals surface area contributed by atoms with E-state index < -0.39 is 9.84 Å². The summed E-state index contributed by atoms with van der Waals surface area (Å²) in [5.41, 5.74) is 2.13. The molecule has 1 aromatic heterocycles. The van der Waals surface area contributed by atoms with Crippen LogP contribution in [0.5, 0.6) is 0 Å². The van der Waals surface area contributed by atoms with Gasteiger partial charge in [-0.2, -0.15) is 0 Å². The van der Waals surface area contributed by atoms with Gasteiger partial charge in [0, 0.05) is 37.2 Å². The predicted octanol–water partition coefficient (Wildman–Crippen LogP) is 2.38. The quantitative estimate of drug-likeness (QED) is 0.890. The predicted molar refractivity (Wildman–Crippen MR) is 83.9 cm³/mol. The molecule has 0 amide bonds. The molecule has 1 heterocycles. The lowest BCUT2D eigenvalue weighted by atomic mass is 10.1. The van der Waals surface area contributed by atoms with Gasteiger partial charge in [-0.3, -0.25) is 4.98 Å². The maximum absolute atomic E-state index is 11.4. The molecule has 0 radical (unpaired) electrons. The summed E-state index contributed by atoms with van der Waals surface area (Å²) < 4.78 is 22.8. The van der Waals surface area contributed by atoms with Crippen LogP contribution in [0.25, 0.3) is 0 Å². The van der Waals surface area contributed by atoms with E-state index in [2.05, 4.69) is 17.2 Å². The summed E-state index contributed by atoms with van der Waals surface area (Å²) in [4.78, 5) is 4.63. The molecule has 1 unspecified atom stereocenters. The van der Waals surface area contributed by atoms with Crippen LogP contribution >= 0.6 is 0 Å². The van der Waals surface area contributed by atoms with Gasteiger partial charge in [0.2, 0.25) is 0 Å². The van der Waals surface area contributed by atoms with Crippen LogP contribution in [0.2, 0.25) is 0 Å². The van der Waals surface area contributed by atoms with Gasteiger partial charge in [0.05, 0.1) is 4.90 Å². The Morgan fingerprint density at radius 1 is 1.14 bits per heavy atom. The van der Waals surface area contributed by atoms with Crippen molar-refractivity contribution in [3.8, 4) is 0 Å². The number of sulfone groups is 1. The third kappa shape index (κ3) is 4.65. The average Bonchev–Trinajstić information content (AvgIpc) is 2.47. The molecule has 2 rings (SSSR count). The standard InChI is InChI=1S/C16H20N2O2S/c1-13(17-12-10-15-5-3-4-11-18-15)14-6-8-16(9-7-14)21(2,19)20/h3-9,11,13,17H,10,12H2,1-2H3. The molecule has 0 spiro atoms. The summed E-state index contributed by atoms with van der Waals surface area (Å²) in [6.07, 6.45) is 3.88. The first kappa shape index (κ1) is 15.7. The van der Waals surface area contributed by atoms with E-state index in [4.69, 9.17) is 0 Å². The molecule has 1 aromatic carbocycles. The van der Waals surface area contributed by atoms with Crippen molar-refractivity contribution in [2.75, 3.05) is 12.8 Å². The molecule has 0 bridgehead atoms. The van der Waals surface area contributed by atoms with Gasteiger partial charge in [0.25, 0.3) is 0 Å². The highest BCUT2D eigenvalue weighted by Gasteiger charge is 2.09. The zero-order chi connectivity index (χ0) is 15.3. The van der Waals surface area contributed by atoms with Crippen molar-refractivity contribution < 1.29 is 8.42 Å². The monoisotopic (exact) mass is 304 g/mol. The molecule has 1 atom stereocenters. The largest absolute Gasteiger partial charge is 0.310 e. The molecule has 0 aliphatic heterocycles. The Hall–Kier alpha value is -1.72. The van der Waals surface area contributed by atoms with Crippen molar-refractivity contribution in [3.05, 3.63) is 59.9 Å². The third-order valence-corrected chi connectivity index (χ3v) is 4.49. The molecule has 1 N–H and O–H groups in total. The van der Waals surface area contributed by atoms with Crippen LogP contribution in [0, 0.1) is 0 Å². The summed E-state index contributed by atoms with van der Waals surface area (Å²) in [6, 6.07) is 13.1. The fourth-order valence-corrected chi connectivity index (χ4v) is 2.71. The highest BCUT2D eigenvalue weighted by Crippen LogP contribution is 2.16. The Labute approximate surface area is 126 Å². The summed E-state index contributed by atoms with van der Waals surface area (Å²) in [6.45, 7) is 2.89. The zero-order valence-electron chi connectivity index (χ0n) is 12.3. The first-order valence-corrected chi connectivity index (χ1v) is 8.79. The average molecular weight is 304 g/mol. The van der Waals surface area contributed by atoms with Gasteiger partial charge < -0.3 is 5.32 Å². The molecule has 4 nitrogen and oxygen atoms in total. The smallest absolute Gasteiger partial charge is 0.175 e. The molecule has 21 heavy (non-hydrogen) atoms. The van der Waals surface area contributed by atoms with Crippen molar-refractivity contribution in [1.29, 1.82) is 0 Å². The summed E-state index contributed by atoms with van der Waals surface area (Å²) in [5, 5.41) is 3.42. The number of nitrogens with one attached hydrogen (secondary N) is 1. The summed E-state index contributed by atoms with van der Waals surface area (Å²) >= 11 is 0. The highest BCUT2D eigenvalue weighted by molar-refractivity contribution is 7.90. The first-order valence-electron chi connectivity index (χ1n) is 6.90. The minimum Gasteiger partial charge on any atom is -0.310 e. The number of pyridine rings is 1. The fourth-order valence-electron chi connectivity index (χ4n) is 2.08. The number of nitrogens with zero attached hydrogens (tertiary/aromatic N) is 1. The van der Waals surface area contributed by atoms with Crippen molar-refractivity contribution in [1.82, 2.24) is 10.3 Å². The second-order valence-electron chi connectivity index (χ2n) is 5.09. The Morgan fingerprint density at radius 3 is 2.43 bits per heavy atom. The molecule has 2 aromatic rings. The fraction of sp³-hybridized carbons (Fsp3) is 0.312. The molecule has 0 fully saturated rings. The molecule has 0 saturated heterocycles. The van der Waals surface area contributed by atoms with Crippen LogP contribution in [-0.4, -0.2) is 26.2 Å². The van der Waals surface area contributed by atoms with Crippen LogP contribution < -0.4 is 5.32 Å². The Kier molecular flexibility index (Phi) is 5.09. The Balaban J connectivity index is 1.90. The van der Waals surface area contributed by atoms with E-state index in [0.717, 1.165) is 24.2 Å². The van der Waals surface area contributed by atoms with Crippen LogP contribution in [-0.2, 0) is 16.3 Å². The van der Waals surface area contributed by atoms with Crippen LogP contribution in [0.3, 0.4) is 0 Å². The summed E-state index contributed by atoms with van der Waals surface area (Å²) in [5.74, 6) is 0. The molecular formula is C16H20N2O2S. The number of rotatable bonds is 6. The maximum Gasteiger partial charge on any atom is 0.175 e. The maximum atomic E-state index is 11.4. The van der Waals surface area contributed by atoms with Crippen molar-refractivity contribution in [3.63, 3.8) is 0 Å². The Morgan fingerprint density at radius 2 is 1.86 bits per heavy atom. The molecule has 0 aliphatic rings. The van der Waals surface area contributed by atoms with E-state index in [1.54, 1.807) is 18.3 Å². The van der Waals surface area contributed by atoms with E-state index in [1.165, 1.54) is 6.26 Å². The molecule has 0 saturated carbocycles. The normalized spacial score (nSPS) is 13.0. The zero-order valence-corrected chi connectivity index (χ0v) is 13.1. The highest BCUT2D eigenvalue weighted by atomic mass is 32.2. The van der Waals surface area contributed by atoms with E-state index in [0.29, 0.717) is 4.90 Å². The van der Waals surface area contributed by atoms with Crippen LogP contribution in [0.1, 0.15) is 24.2 Å². The van der Waals surface area contributed by atoms with Gasteiger partial charge in [-0.05, 0) is 36.8 Å². The topological polar surface area (TPSA) is 59.1 Å². The minimum atomic E-state index is -3.13.